The monoisotopic (exact) mass is 364 g/mol. The van der Waals surface area contributed by atoms with Gasteiger partial charge in [-0.15, -0.1) is 11.8 Å². The third kappa shape index (κ3) is 4.68. The number of thioether (sulfide) groups is 1. The minimum absolute atomic E-state index is 0.0340. The van der Waals surface area contributed by atoms with Gasteiger partial charge in [0.05, 0.1) is 17.2 Å². The van der Waals surface area contributed by atoms with E-state index in [2.05, 4.69) is 18.3 Å². The first-order valence-corrected chi connectivity index (χ1v) is 10.2. The molecule has 0 spiro atoms. The van der Waals surface area contributed by atoms with E-state index in [9.17, 15) is 4.79 Å². The summed E-state index contributed by atoms with van der Waals surface area (Å²) in [6.45, 7) is 2.23. The molecule has 3 rings (SSSR count). The average molecular weight is 365 g/mol. The van der Waals surface area contributed by atoms with Crippen LogP contribution in [0.1, 0.15) is 54.1 Å². The number of amides is 1. The van der Waals surface area contributed by atoms with E-state index >= 15 is 0 Å². The van der Waals surface area contributed by atoms with Crippen LogP contribution in [0.3, 0.4) is 0 Å². The lowest BCUT2D eigenvalue weighted by atomic mass is 9.86. The van der Waals surface area contributed by atoms with E-state index in [0.717, 1.165) is 28.2 Å². The molecule has 2 atom stereocenters. The van der Waals surface area contributed by atoms with E-state index in [0.29, 0.717) is 11.5 Å². The summed E-state index contributed by atoms with van der Waals surface area (Å²) in [5.74, 6) is 1.35. The highest BCUT2D eigenvalue weighted by Crippen LogP contribution is 2.28. The van der Waals surface area contributed by atoms with Gasteiger partial charge >= 0.3 is 0 Å². The second-order valence-corrected chi connectivity index (χ2v) is 7.95. The molecule has 0 radical (unpaired) electrons. The molecule has 2 aromatic rings. The summed E-state index contributed by atoms with van der Waals surface area (Å²) < 4.78 is 0. The summed E-state index contributed by atoms with van der Waals surface area (Å²) in [5, 5.41) is 12.1. The number of nitrogens with one attached hydrogen (secondary N) is 1. The number of carbonyl (C=O) groups is 1. The molecule has 134 valence electrons. The zero-order valence-electron chi connectivity index (χ0n) is 15.1. The van der Waals surface area contributed by atoms with Crippen LogP contribution in [0.15, 0.2) is 53.4 Å². The first-order valence-electron chi connectivity index (χ1n) is 9.19. The van der Waals surface area contributed by atoms with Gasteiger partial charge in [0.15, 0.2) is 0 Å². The lowest BCUT2D eigenvalue weighted by Gasteiger charge is -2.29. The number of hydrogen-bond acceptors (Lipinski definition) is 3. The van der Waals surface area contributed by atoms with Crippen molar-refractivity contribution in [3.8, 4) is 6.07 Å². The van der Waals surface area contributed by atoms with E-state index in [1.165, 1.54) is 19.3 Å². The summed E-state index contributed by atoms with van der Waals surface area (Å²) >= 11 is 1.66. The highest BCUT2D eigenvalue weighted by Gasteiger charge is 2.24. The first-order chi connectivity index (χ1) is 12.7. The Bertz CT molecular complexity index is 795. The van der Waals surface area contributed by atoms with Gasteiger partial charge in [0.1, 0.15) is 0 Å². The van der Waals surface area contributed by atoms with Gasteiger partial charge in [0.2, 0.25) is 0 Å². The summed E-state index contributed by atoms with van der Waals surface area (Å²) in [7, 11) is 0. The van der Waals surface area contributed by atoms with Gasteiger partial charge in [-0.05, 0) is 48.6 Å². The topological polar surface area (TPSA) is 52.9 Å². The molecule has 1 amide bonds. The fraction of sp³-hybridized carbons (Fsp3) is 0.364. The van der Waals surface area contributed by atoms with Crippen LogP contribution in [0.2, 0.25) is 0 Å². The average Bonchev–Trinajstić information content (AvgIpc) is 2.68. The Labute approximate surface area is 159 Å². The van der Waals surface area contributed by atoms with Crippen LogP contribution >= 0.6 is 11.8 Å². The Morgan fingerprint density at radius 2 is 1.88 bits per heavy atom. The molecule has 1 fully saturated rings. The van der Waals surface area contributed by atoms with Crippen LogP contribution in [0, 0.1) is 17.2 Å². The maximum atomic E-state index is 12.8. The Kier molecular flexibility index (Phi) is 6.35. The highest BCUT2D eigenvalue weighted by molar-refractivity contribution is 7.98. The van der Waals surface area contributed by atoms with E-state index in [1.807, 2.05) is 48.5 Å². The number of rotatable bonds is 5. The second kappa shape index (κ2) is 8.91. The molecule has 4 heteroatoms. The van der Waals surface area contributed by atoms with Crippen LogP contribution in [-0.2, 0) is 5.75 Å². The summed E-state index contributed by atoms with van der Waals surface area (Å²) in [6.07, 6.45) is 4.74. The van der Waals surface area contributed by atoms with Crippen LogP contribution < -0.4 is 5.32 Å². The van der Waals surface area contributed by atoms with Crippen molar-refractivity contribution in [1.29, 1.82) is 5.26 Å². The van der Waals surface area contributed by atoms with Gasteiger partial charge in [-0.1, -0.05) is 44.0 Å². The zero-order valence-corrected chi connectivity index (χ0v) is 15.9. The molecule has 0 bridgehead atoms. The summed E-state index contributed by atoms with van der Waals surface area (Å²) in [5.41, 5.74) is 2.56. The van der Waals surface area contributed by atoms with E-state index in [1.54, 1.807) is 11.8 Å². The van der Waals surface area contributed by atoms with Crippen molar-refractivity contribution < 1.29 is 4.79 Å². The molecular weight excluding hydrogens is 340 g/mol. The normalized spacial score (nSPS) is 19.5. The number of nitrogens with zero attached hydrogens (tertiary/aromatic N) is 1. The van der Waals surface area contributed by atoms with Crippen molar-refractivity contribution in [2.24, 2.45) is 5.92 Å². The maximum absolute atomic E-state index is 12.8. The molecule has 0 saturated heterocycles. The second-order valence-electron chi connectivity index (χ2n) is 6.94. The lowest BCUT2D eigenvalue weighted by Crippen LogP contribution is -2.41. The summed E-state index contributed by atoms with van der Waals surface area (Å²) in [4.78, 5) is 13.8. The predicted octanol–water partition coefficient (Wildman–Crippen LogP) is 5.16. The van der Waals surface area contributed by atoms with Crippen LogP contribution in [0.25, 0.3) is 0 Å². The van der Waals surface area contributed by atoms with Gasteiger partial charge in [-0.25, -0.2) is 0 Å². The maximum Gasteiger partial charge on any atom is 0.252 e. The number of benzene rings is 2. The van der Waals surface area contributed by atoms with E-state index < -0.39 is 0 Å². The molecule has 0 heterocycles. The van der Waals surface area contributed by atoms with E-state index in [4.69, 9.17) is 5.26 Å². The molecule has 1 saturated carbocycles. The van der Waals surface area contributed by atoms with Crippen molar-refractivity contribution >= 4 is 17.7 Å². The Hall–Kier alpha value is -2.25. The standard InChI is InChI=1S/C22H24N2OS/c1-16-6-2-4-8-20(16)24-22(25)19-7-3-5-9-21(19)26-15-18-12-10-17(14-23)11-13-18/h3,5,7,9-13,16,20H,2,4,6,8,15H2,1H3,(H,24,25). The molecule has 3 nitrogen and oxygen atoms in total. The van der Waals surface area contributed by atoms with Crippen LogP contribution in [-0.4, -0.2) is 11.9 Å². The molecule has 26 heavy (non-hydrogen) atoms. The summed E-state index contributed by atoms with van der Waals surface area (Å²) in [6, 6.07) is 17.8. The minimum Gasteiger partial charge on any atom is -0.349 e. The van der Waals surface area contributed by atoms with Gasteiger partial charge in [0, 0.05) is 16.7 Å². The van der Waals surface area contributed by atoms with Gasteiger partial charge in [-0.3, -0.25) is 4.79 Å². The fourth-order valence-corrected chi connectivity index (χ4v) is 4.40. The molecule has 0 aliphatic heterocycles. The van der Waals surface area contributed by atoms with Gasteiger partial charge in [0.25, 0.3) is 5.91 Å². The van der Waals surface area contributed by atoms with Gasteiger partial charge < -0.3 is 5.32 Å². The van der Waals surface area contributed by atoms with Crippen LogP contribution in [0.5, 0.6) is 0 Å². The minimum atomic E-state index is 0.0340. The predicted molar refractivity (Wildman–Crippen MR) is 106 cm³/mol. The van der Waals surface area contributed by atoms with Gasteiger partial charge in [-0.2, -0.15) is 5.26 Å². The molecule has 2 aromatic carbocycles. The Balaban J connectivity index is 1.67. The molecule has 1 N–H and O–H groups in total. The quantitative estimate of drug-likeness (QED) is 0.746. The highest BCUT2D eigenvalue weighted by atomic mass is 32.2. The number of nitriles is 1. The SMILES string of the molecule is CC1CCCCC1NC(=O)c1ccccc1SCc1ccc(C#N)cc1. The van der Waals surface area contributed by atoms with Crippen molar-refractivity contribution in [1.82, 2.24) is 5.32 Å². The van der Waals surface area contributed by atoms with Crippen molar-refractivity contribution in [3.63, 3.8) is 0 Å². The van der Waals surface area contributed by atoms with Crippen LogP contribution in [0.4, 0.5) is 0 Å². The van der Waals surface area contributed by atoms with E-state index in [-0.39, 0.29) is 11.9 Å². The first kappa shape index (κ1) is 18.5. The Morgan fingerprint density at radius 1 is 1.15 bits per heavy atom. The lowest BCUT2D eigenvalue weighted by molar-refractivity contribution is 0.0907. The fourth-order valence-electron chi connectivity index (χ4n) is 3.39. The zero-order chi connectivity index (χ0) is 18.4. The van der Waals surface area contributed by atoms with Crippen molar-refractivity contribution in [2.45, 2.75) is 49.3 Å². The molecule has 2 unspecified atom stereocenters. The Morgan fingerprint density at radius 3 is 2.62 bits per heavy atom. The van der Waals surface area contributed by atoms with Crippen molar-refractivity contribution in [2.75, 3.05) is 0 Å². The largest absolute Gasteiger partial charge is 0.349 e. The third-order valence-corrected chi connectivity index (χ3v) is 6.18. The third-order valence-electron chi connectivity index (χ3n) is 5.04. The number of hydrogen-bond donors (Lipinski definition) is 1. The molecular formula is C22H24N2OS. The number of carbonyl (C=O) groups excluding carboxylic acids is 1. The molecule has 0 aromatic heterocycles. The smallest absolute Gasteiger partial charge is 0.252 e. The molecule has 1 aliphatic carbocycles. The molecule has 1 aliphatic rings. The van der Waals surface area contributed by atoms with Crippen molar-refractivity contribution in [3.05, 3.63) is 65.2 Å².